The van der Waals surface area contributed by atoms with Crippen LogP contribution in [0.5, 0.6) is 0 Å². The standard InChI is InChI=1S/C10H16N2O2/c1-11-5-7-4-10(14)12(2)6-8(7)3-9(11)13/h7-8H,3-6H2,1-2H3. The van der Waals surface area contributed by atoms with Crippen molar-refractivity contribution in [2.45, 2.75) is 12.8 Å². The van der Waals surface area contributed by atoms with Gasteiger partial charge in [-0.1, -0.05) is 0 Å². The molecule has 0 spiro atoms. The summed E-state index contributed by atoms with van der Waals surface area (Å²) in [5, 5.41) is 0. The Bertz CT molecular complexity index is 249. The molecular formula is C10H16N2O2. The van der Waals surface area contributed by atoms with Crippen molar-refractivity contribution in [3.05, 3.63) is 0 Å². The van der Waals surface area contributed by atoms with Crippen LogP contribution >= 0.6 is 0 Å². The molecule has 14 heavy (non-hydrogen) atoms. The molecule has 0 bridgehead atoms. The van der Waals surface area contributed by atoms with Crippen molar-refractivity contribution in [3.63, 3.8) is 0 Å². The first-order valence-electron chi connectivity index (χ1n) is 5.06. The van der Waals surface area contributed by atoms with E-state index in [9.17, 15) is 9.59 Å². The first-order chi connectivity index (χ1) is 6.58. The van der Waals surface area contributed by atoms with Gasteiger partial charge in [0, 0.05) is 40.0 Å². The Labute approximate surface area is 83.9 Å². The number of hydrogen-bond donors (Lipinski definition) is 0. The topological polar surface area (TPSA) is 40.6 Å². The molecule has 2 rings (SSSR count). The molecule has 4 nitrogen and oxygen atoms in total. The summed E-state index contributed by atoms with van der Waals surface area (Å²) in [6.07, 6.45) is 1.22. The van der Waals surface area contributed by atoms with Crippen LogP contribution in [0.1, 0.15) is 12.8 Å². The second-order valence-corrected chi connectivity index (χ2v) is 4.48. The third-order valence-corrected chi connectivity index (χ3v) is 3.41. The summed E-state index contributed by atoms with van der Waals surface area (Å²) in [5.74, 6) is 1.21. The fourth-order valence-electron chi connectivity index (χ4n) is 2.43. The van der Waals surface area contributed by atoms with E-state index < -0.39 is 0 Å². The zero-order valence-corrected chi connectivity index (χ0v) is 8.69. The lowest BCUT2D eigenvalue weighted by atomic mass is 9.80. The van der Waals surface area contributed by atoms with Gasteiger partial charge in [-0.15, -0.1) is 0 Å². The predicted molar refractivity (Wildman–Crippen MR) is 51.5 cm³/mol. The minimum absolute atomic E-state index is 0.217. The molecule has 2 unspecified atom stereocenters. The number of hydrogen-bond acceptors (Lipinski definition) is 2. The highest BCUT2D eigenvalue weighted by Crippen LogP contribution is 2.31. The van der Waals surface area contributed by atoms with Crippen LogP contribution in [0.4, 0.5) is 0 Å². The molecule has 0 aromatic rings. The molecule has 2 saturated heterocycles. The number of amides is 2. The van der Waals surface area contributed by atoms with Crippen molar-refractivity contribution in [3.8, 4) is 0 Å². The number of carbonyl (C=O) groups is 2. The SMILES string of the molecule is CN1CC2CC(=O)N(C)CC2CC1=O. The Morgan fingerprint density at radius 2 is 1.29 bits per heavy atom. The molecular weight excluding hydrogens is 180 g/mol. The minimum Gasteiger partial charge on any atom is -0.345 e. The van der Waals surface area contributed by atoms with Gasteiger partial charge in [0.25, 0.3) is 0 Å². The normalized spacial score (nSPS) is 33.3. The summed E-state index contributed by atoms with van der Waals surface area (Å²) in [6.45, 7) is 1.51. The summed E-state index contributed by atoms with van der Waals surface area (Å²) < 4.78 is 0. The molecule has 2 aliphatic heterocycles. The molecule has 0 aliphatic carbocycles. The summed E-state index contributed by atoms with van der Waals surface area (Å²) in [7, 11) is 3.64. The fourth-order valence-corrected chi connectivity index (χ4v) is 2.43. The number of carbonyl (C=O) groups excluding carboxylic acids is 2. The minimum atomic E-state index is 0.217. The van der Waals surface area contributed by atoms with Gasteiger partial charge in [-0.05, 0) is 11.8 Å². The van der Waals surface area contributed by atoms with Crippen LogP contribution in [0.3, 0.4) is 0 Å². The van der Waals surface area contributed by atoms with Gasteiger partial charge in [0.1, 0.15) is 0 Å². The number of fused-ring (bicyclic) bond motifs is 1. The second-order valence-electron chi connectivity index (χ2n) is 4.48. The maximum Gasteiger partial charge on any atom is 0.222 e. The highest BCUT2D eigenvalue weighted by molar-refractivity contribution is 5.80. The van der Waals surface area contributed by atoms with Crippen molar-refractivity contribution in [1.29, 1.82) is 0 Å². The highest BCUT2D eigenvalue weighted by Gasteiger charge is 2.38. The van der Waals surface area contributed by atoms with Crippen LogP contribution < -0.4 is 0 Å². The molecule has 2 amide bonds. The molecule has 2 fully saturated rings. The largest absolute Gasteiger partial charge is 0.345 e. The first kappa shape index (κ1) is 9.49. The maximum atomic E-state index is 11.5. The van der Waals surface area contributed by atoms with E-state index in [4.69, 9.17) is 0 Å². The number of likely N-dealkylation sites (tertiary alicyclic amines) is 2. The van der Waals surface area contributed by atoms with Gasteiger partial charge in [0.05, 0.1) is 0 Å². The van der Waals surface area contributed by atoms with E-state index >= 15 is 0 Å². The van der Waals surface area contributed by atoms with Crippen LogP contribution in [-0.4, -0.2) is 48.8 Å². The van der Waals surface area contributed by atoms with Crippen LogP contribution in [-0.2, 0) is 9.59 Å². The average molecular weight is 196 g/mol. The van der Waals surface area contributed by atoms with E-state index in [2.05, 4.69) is 0 Å². The van der Waals surface area contributed by atoms with Gasteiger partial charge < -0.3 is 9.80 Å². The van der Waals surface area contributed by atoms with Crippen molar-refractivity contribution < 1.29 is 9.59 Å². The fraction of sp³-hybridized carbons (Fsp3) is 0.800. The van der Waals surface area contributed by atoms with Gasteiger partial charge in [0.2, 0.25) is 11.8 Å². The van der Waals surface area contributed by atoms with Crippen molar-refractivity contribution >= 4 is 11.8 Å². The van der Waals surface area contributed by atoms with Crippen LogP contribution in [0.2, 0.25) is 0 Å². The molecule has 0 radical (unpaired) electrons. The van der Waals surface area contributed by atoms with E-state index in [-0.39, 0.29) is 11.8 Å². The number of nitrogens with zero attached hydrogens (tertiary/aromatic N) is 2. The Kier molecular flexibility index (Phi) is 2.21. The van der Waals surface area contributed by atoms with E-state index in [0.29, 0.717) is 24.7 Å². The molecule has 0 N–H and O–H groups in total. The lowest BCUT2D eigenvalue weighted by molar-refractivity contribution is -0.145. The van der Waals surface area contributed by atoms with Gasteiger partial charge in [-0.3, -0.25) is 9.59 Å². The van der Waals surface area contributed by atoms with Crippen LogP contribution in [0.15, 0.2) is 0 Å². The first-order valence-corrected chi connectivity index (χ1v) is 5.06. The van der Waals surface area contributed by atoms with Gasteiger partial charge >= 0.3 is 0 Å². The zero-order valence-electron chi connectivity index (χ0n) is 8.69. The molecule has 2 aliphatic rings. The van der Waals surface area contributed by atoms with Crippen molar-refractivity contribution in [2.75, 3.05) is 27.2 Å². The summed E-state index contributed by atoms with van der Waals surface area (Å²) in [5.41, 5.74) is 0. The third kappa shape index (κ3) is 1.49. The predicted octanol–water partition coefficient (Wildman–Crippen LogP) is -0.0570. The zero-order chi connectivity index (χ0) is 10.3. The van der Waals surface area contributed by atoms with Crippen molar-refractivity contribution in [1.82, 2.24) is 9.80 Å². The van der Waals surface area contributed by atoms with Crippen LogP contribution in [0.25, 0.3) is 0 Å². The lowest BCUT2D eigenvalue weighted by Gasteiger charge is -2.42. The smallest absolute Gasteiger partial charge is 0.222 e. The summed E-state index contributed by atoms with van der Waals surface area (Å²) >= 11 is 0. The lowest BCUT2D eigenvalue weighted by Crippen LogP contribution is -2.51. The molecule has 0 aromatic heterocycles. The molecule has 4 heteroatoms. The average Bonchev–Trinajstić information content (AvgIpc) is 2.11. The summed E-state index contributed by atoms with van der Waals surface area (Å²) in [6, 6.07) is 0. The van der Waals surface area contributed by atoms with E-state index in [1.165, 1.54) is 0 Å². The molecule has 0 aromatic carbocycles. The Hall–Kier alpha value is -1.06. The van der Waals surface area contributed by atoms with Gasteiger partial charge in [0.15, 0.2) is 0 Å². The number of rotatable bonds is 0. The molecule has 2 heterocycles. The quantitative estimate of drug-likeness (QED) is 0.544. The molecule has 78 valence electrons. The molecule has 0 saturated carbocycles. The van der Waals surface area contributed by atoms with E-state index in [1.807, 2.05) is 14.1 Å². The summed E-state index contributed by atoms with van der Waals surface area (Å²) in [4.78, 5) is 26.4. The Morgan fingerprint density at radius 1 is 0.929 bits per heavy atom. The van der Waals surface area contributed by atoms with E-state index in [0.717, 1.165) is 13.1 Å². The van der Waals surface area contributed by atoms with Gasteiger partial charge in [-0.2, -0.15) is 0 Å². The van der Waals surface area contributed by atoms with E-state index in [1.54, 1.807) is 9.80 Å². The number of piperidine rings is 2. The van der Waals surface area contributed by atoms with Gasteiger partial charge in [-0.25, -0.2) is 0 Å². The third-order valence-electron chi connectivity index (χ3n) is 3.41. The monoisotopic (exact) mass is 196 g/mol. The van der Waals surface area contributed by atoms with Crippen molar-refractivity contribution in [2.24, 2.45) is 11.8 Å². The van der Waals surface area contributed by atoms with Crippen LogP contribution in [0, 0.1) is 11.8 Å². The molecule has 2 atom stereocenters. The Morgan fingerprint density at radius 3 is 1.64 bits per heavy atom. The Balaban J connectivity index is 2.09. The maximum absolute atomic E-state index is 11.5. The second kappa shape index (κ2) is 3.26. The highest BCUT2D eigenvalue weighted by atomic mass is 16.2.